The van der Waals surface area contributed by atoms with Gasteiger partial charge in [-0.1, -0.05) is 13.8 Å². The quantitative estimate of drug-likeness (QED) is 0.435. The second-order valence-electron chi connectivity index (χ2n) is 5.12. The molecule has 0 saturated carbocycles. The number of hydrogen-bond acceptors (Lipinski definition) is 5. The second-order valence-corrected chi connectivity index (χ2v) is 6.86. The van der Waals surface area contributed by atoms with Crippen molar-refractivity contribution in [1.82, 2.24) is 4.72 Å². The van der Waals surface area contributed by atoms with Gasteiger partial charge in [0.25, 0.3) is 5.69 Å². The predicted octanol–water partition coefficient (Wildman–Crippen LogP) is 2.35. The number of nitrogens with one attached hydrogen (secondary N) is 2. The van der Waals surface area contributed by atoms with Crippen molar-refractivity contribution in [1.29, 1.82) is 0 Å². The van der Waals surface area contributed by atoms with E-state index in [2.05, 4.69) is 23.9 Å². The Morgan fingerprint density at radius 3 is 2.52 bits per heavy atom. The first-order valence-corrected chi connectivity index (χ1v) is 8.22. The van der Waals surface area contributed by atoms with Gasteiger partial charge in [0.2, 0.25) is 10.0 Å². The lowest BCUT2D eigenvalue weighted by Gasteiger charge is -2.11. The first-order valence-electron chi connectivity index (χ1n) is 6.73. The van der Waals surface area contributed by atoms with Crippen LogP contribution < -0.4 is 10.0 Å². The molecule has 0 spiro atoms. The molecule has 21 heavy (non-hydrogen) atoms. The molecule has 0 aliphatic carbocycles. The van der Waals surface area contributed by atoms with Crippen molar-refractivity contribution in [2.24, 2.45) is 5.92 Å². The number of benzene rings is 1. The summed E-state index contributed by atoms with van der Waals surface area (Å²) >= 11 is 0. The lowest BCUT2D eigenvalue weighted by atomic mass is 10.1. The van der Waals surface area contributed by atoms with E-state index in [9.17, 15) is 18.5 Å². The SMILES string of the molecule is CNc1cc([N+](=O)[O-])ccc1S(=O)(=O)NCCCC(C)C. The van der Waals surface area contributed by atoms with Crippen LogP contribution in [0.15, 0.2) is 23.1 Å². The predicted molar refractivity (Wildman–Crippen MR) is 81.9 cm³/mol. The van der Waals surface area contributed by atoms with Gasteiger partial charge in [0, 0.05) is 25.7 Å². The minimum absolute atomic E-state index is 0.0140. The Labute approximate surface area is 124 Å². The van der Waals surface area contributed by atoms with Gasteiger partial charge >= 0.3 is 0 Å². The molecule has 1 aromatic carbocycles. The molecule has 0 aliphatic heterocycles. The maximum Gasteiger partial charge on any atom is 0.271 e. The number of non-ortho nitro benzene ring substituents is 1. The molecular weight excluding hydrogens is 294 g/mol. The number of hydrogen-bond donors (Lipinski definition) is 2. The highest BCUT2D eigenvalue weighted by molar-refractivity contribution is 7.89. The summed E-state index contributed by atoms with van der Waals surface area (Å²) in [7, 11) is -2.15. The molecule has 0 amide bonds. The van der Waals surface area contributed by atoms with Crippen molar-refractivity contribution < 1.29 is 13.3 Å². The fraction of sp³-hybridized carbons (Fsp3) is 0.538. The summed E-state index contributed by atoms with van der Waals surface area (Å²) in [5.41, 5.74) is 0.0543. The Morgan fingerprint density at radius 2 is 2.00 bits per heavy atom. The number of anilines is 1. The van der Waals surface area contributed by atoms with Gasteiger partial charge in [-0.25, -0.2) is 13.1 Å². The zero-order chi connectivity index (χ0) is 16.0. The smallest absolute Gasteiger partial charge is 0.271 e. The number of nitro benzene ring substituents is 1. The second kappa shape index (κ2) is 7.37. The van der Waals surface area contributed by atoms with E-state index in [0.29, 0.717) is 12.5 Å². The third-order valence-corrected chi connectivity index (χ3v) is 4.50. The zero-order valence-corrected chi connectivity index (χ0v) is 13.2. The van der Waals surface area contributed by atoms with Crippen LogP contribution in [0.2, 0.25) is 0 Å². The van der Waals surface area contributed by atoms with Crippen LogP contribution in [0.1, 0.15) is 26.7 Å². The van der Waals surface area contributed by atoms with Gasteiger partial charge in [-0.2, -0.15) is 0 Å². The third-order valence-electron chi connectivity index (χ3n) is 2.98. The molecular formula is C13H21N3O4S. The topological polar surface area (TPSA) is 101 Å². The van der Waals surface area contributed by atoms with Crippen LogP contribution >= 0.6 is 0 Å². The summed E-state index contributed by atoms with van der Waals surface area (Å²) in [4.78, 5) is 10.2. The van der Waals surface area contributed by atoms with Crippen molar-refractivity contribution in [3.63, 3.8) is 0 Å². The molecule has 1 rings (SSSR count). The van der Waals surface area contributed by atoms with E-state index in [1.165, 1.54) is 25.2 Å². The Morgan fingerprint density at radius 1 is 1.33 bits per heavy atom. The molecule has 1 aromatic rings. The van der Waals surface area contributed by atoms with E-state index in [-0.39, 0.29) is 16.3 Å². The lowest BCUT2D eigenvalue weighted by molar-refractivity contribution is -0.384. The normalized spacial score (nSPS) is 11.6. The van der Waals surface area contributed by atoms with Crippen molar-refractivity contribution in [3.8, 4) is 0 Å². The molecule has 0 radical (unpaired) electrons. The van der Waals surface area contributed by atoms with Gasteiger partial charge in [0.05, 0.1) is 10.6 Å². The summed E-state index contributed by atoms with van der Waals surface area (Å²) in [5.74, 6) is 0.516. The fourth-order valence-corrected chi connectivity index (χ4v) is 3.12. The molecule has 0 heterocycles. The minimum Gasteiger partial charge on any atom is -0.387 e. The third kappa shape index (κ3) is 4.98. The first-order chi connectivity index (χ1) is 9.77. The van der Waals surface area contributed by atoms with Gasteiger partial charge in [0.15, 0.2) is 0 Å². The summed E-state index contributed by atoms with van der Waals surface area (Å²) in [6.45, 7) is 4.49. The highest BCUT2D eigenvalue weighted by Gasteiger charge is 2.20. The van der Waals surface area contributed by atoms with Gasteiger partial charge in [-0.05, 0) is 24.8 Å². The molecule has 0 aliphatic rings. The van der Waals surface area contributed by atoms with E-state index < -0.39 is 14.9 Å². The number of rotatable bonds is 8. The van der Waals surface area contributed by atoms with Crippen molar-refractivity contribution in [2.45, 2.75) is 31.6 Å². The fourth-order valence-electron chi connectivity index (χ4n) is 1.86. The highest BCUT2D eigenvalue weighted by atomic mass is 32.2. The monoisotopic (exact) mass is 315 g/mol. The minimum atomic E-state index is -3.68. The number of nitro groups is 1. The maximum atomic E-state index is 12.2. The van der Waals surface area contributed by atoms with Crippen LogP contribution in [0.3, 0.4) is 0 Å². The van der Waals surface area contributed by atoms with E-state index in [4.69, 9.17) is 0 Å². The van der Waals surface area contributed by atoms with Gasteiger partial charge < -0.3 is 5.32 Å². The molecule has 118 valence electrons. The molecule has 0 unspecified atom stereocenters. The van der Waals surface area contributed by atoms with E-state index >= 15 is 0 Å². The maximum absolute atomic E-state index is 12.2. The molecule has 7 nitrogen and oxygen atoms in total. The molecule has 0 saturated heterocycles. The molecule has 0 fully saturated rings. The molecule has 0 aromatic heterocycles. The van der Waals surface area contributed by atoms with Crippen LogP contribution in [-0.4, -0.2) is 26.9 Å². The summed E-state index contributed by atoms with van der Waals surface area (Å²) < 4.78 is 26.9. The first kappa shape index (κ1) is 17.4. The van der Waals surface area contributed by atoms with E-state index in [1.54, 1.807) is 0 Å². The van der Waals surface area contributed by atoms with Gasteiger partial charge in [-0.3, -0.25) is 10.1 Å². The summed E-state index contributed by atoms with van der Waals surface area (Å²) in [6.07, 6.45) is 1.68. The Balaban J connectivity index is 2.90. The summed E-state index contributed by atoms with van der Waals surface area (Å²) in [6, 6.07) is 3.64. The largest absolute Gasteiger partial charge is 0.387 e. The standard InChI is InChI=1S/C13H21N3O4S/c1-10(2)5-4-8-15-21(19,20)13-7-6-11(16(17)18)9-12(13)14-3/h6-7,9-10,14-15H,4-5,8H2,1-3H3. The zero-order valence-electron chi connectivity index (χ0n) is 12.4. The van der Waals surface area contributed by atoms with Gasteiger partial charge in [-0.15, -0.1) is 0 Å². The number of nitrogens with zero attached hydrogens (tertiary/aromatic N) is 1. The summed E-state index contributed by atoms with van der Waals surface area (Å²) in [5, 5.41) is 13.4. The Bertz CT molecular complexity index is 599. The molecule has 0 bridgehead atoms. The molecule has 8 heteroatoms. The number of sulfonamides is 1. The van der Waals surface area contributed by atoms with Crippen LogP contribution in [0, 0.1) is 16.0 Å². The average molecular weight is 315 g/mol. The van der Waals surface area contributed by atoms with Crippen molar-refractivity contribution >= 4 is 21.4 Å². The Hall–Kier alpha value is -1.67. The average Bonchev–Trinajstić information content (AvgIpc) is 2.42. The van der Waals surface area contributed by atoms with Crippen LogP contribution in [-0.2, 0) is 10.0 Å². The van der Waals surface area contributed by atoms with Crippen molar-refractivity contribution in [2.75, 3.05) is 18.9 Å². The van der Waals surface area contributed by atoms with Gasteiger partial charge in [0.1, 0.15) is 4.90 Å². The van der Waals surface area contributed by atoms with E-state index in [0.717, 1.165) is 12.8 Å². The van der Waals surface area contributed by atoms with Crippen LogP contribution in [0.5, 0.6) is 0 Å². The highest BCUT2D eigenvalue weighted by Crippen LogP contribution is 2.25. The van der Waals surface area contributed by atoms with Crippen LogP contribution in [0.25, 0.3) is 0 Å². The Kier molecular flexibility index (Phi) is 6.10. The van der Waals surface area contributed by atoms with Crippen molar-refractivity contribution in [3.05, 3.63) is 28.3 Å². The lowest BCUT2D eigenvalue weighted by Crippen LogP contribution is -2.25. The van der Waals surface area contributed by atoms with Crippen LogP contribution in [0.4, 0.5) is 11.4 Å². The molecule has 0 atom stereocenters. The van der Waals surface area contributed by atoms with E-state index in [1.807, 2.05) is 0 Å². The molecule has 2 N–H and O–H groups in total.